The van der Waals surface area contributed by atoms with Gasteiger partial charge in [0.25, 0.3) is 0 Å². The van der Waals surface area contributed by atoms with Crippen LogP contribution in [-0.4, -0.2) is 35.7 Å². The summed E-state index contributed by atoms with van der Waals surface area (Å²) in [6.07, 6.45) is 6.29. The summed E-state index contributed by atoms with van der Waals surface area (Å²) in [6, 6.07) is 0.554. The lowest BCUT2D eigenvalue weighted by Crippen LogP contribution is -2.39. The third kappa shape index (κ3) is 4.42. The summed E-state index contributed by atoms with van der Waals surface area (Å²) in [7, 11) is 2.13. The fourth-order valence-electron chi connectivity index (χ4n) is 2.71. The maximum Gasteiger partial charge on any atom is 0.0669 e. The van der Waals surface area contributed by atoms with Crippen LogP contribution in [0.5, 0.6) is 0 Å². The largest absolute Gasteiger partial charge is 0.392 e. The number of hydrogen-bond acceptors (Lipinski definition) is 2. The number of aliphatic hydroxyl groups excluding tert-OH is 1. The van der Waals surface area contributed by atoms with Crippen LogP contribution in [0, 0.1) is 11.8 Å². The van der Waals surface area contributed by atoms with Crippen LogP contribution in [0.3, 0.4) is 0 Å². The SMILES string of the molecule is CC(C)C(C)N(C)CC(O)CC1CCCC1. The Morgan fingerprint density at radius 3 is 2.25 bits per heavy atom. The van der Waals surface area contributed by atoms with Crippen molar-refractivity contribution in [1.29, 1.82) is 0 Å². The Morgan fingerprint density at radius 1 is 1.19 bits per heavy atom. The summed E-state index contributed by atoms with van der Waals surface area (Å²) >= 11 is 0. The highest BCUT2D eigenvalue weighted by Crippen LogP contribution is 2.28. The summed E-state index contributed by atoms with van der Waals surface area (Å²) < 4.78 is 0. The first-order valence-electron chi connectivity index (χ1n) is 6.89. The van der Waals surface area contributed by atoms with Crippen molar-refractivity contribution in [3.05, 3.63) is 0 Å². The minimum atomic E-state index is -0.130. The molecule has 0 amide bonds. The van der Waals surface area contributed by atoms with E-state index < -0.39 is 0 Å². The molecule has 0 radical (unpaired) electrons. The smallest absolute Gasteiger partial charge is 0.0669 e. The molecule has 0 spiro atoms. The van der Waals surface area contributed by atoms with E-state index in [0.29, 0.717) is 12.0 Å². The van der Waals surface area contributed by atoms with Gasteiger partial charge in [-0.1, -0.05) is 39.5 Å². The van der Waals surface area contributed by atoms with Gasteiger partial charge < -0.3 is 10.0 Å². The monoisotopic (exact) mass is 227 g/mol. The number of nitrogens with zero attached hydrogens (tertiary/aromatic N) is 1. The van der Waals surface area contributed by atoms with Gasteiger partial charge in [-0.15, -0.1) is 0 Å². The van der Waals surface area contributed by atoms with Crippen molar-refractivity contribution in [3.8, 4) is 0 Å². The van der Waals surface area contributed by atoms with Crippen LogP contribution in [0.2, 0.25) is 0 Å². The minimum absolute atomic E-state index is 0.130. The highest BCUT2D eigenvalue weighted by molar-refractivity contribution is 4.75. The lowest BCUT2D eigenvalue weighted by atomic mass is 9.99. The van der Waals surface area contributed by atoms with Crippen LogP contribution in [0.1, 0.15) is 52.9 Å². The molecule has 16 heavy (non-hydrogen) atoms. The summed E-state index contributed by atoms with van der Waals surface area (Å²) in [4.78, 5) is 2.30. The van der Waals surface area contributed by atoms with E-state index in [9.17, 15) is 5.11 Å². The van der Waals surface area contributed by atoms with Crippen molar-refractivity contribution >= 4 is 0 Å². The summed E-state index contributed by atoms with van der Waals surface area (Å²) in [6.45, 7) is 7.55. The maximum atomic E-state index is 10.1. The molecule has 0 aromatic carbocycles. The van der Waals surface area contributed by atoms with Gasteiger partial charge in [0.15, 0.2) is 0 Å². The molecule has 2 atom stereocenters. The quantitative estimate of drug-likeness (QED) is 0.754. The van der Waals surface area contributed by atoms with Gasteiger partial charge in [0, 0.05) is 12.6 Å². The highest BCUT2D eigenvalue weighted by atomic mass is 16.3. The van der Waals surface area contributed by atoms with E-state index in [0.717, 1.165) is 18.9 Å². The molecule has 0 saturated heterocycles. The Morgan fingerprint density at radius 2 is 1.75 bits per heavy atom. The molecule has 0 bridgehead atoms. The standard InChI is InChI=1S/C14H29NO/c1-11(2)12(3)15(4)10-14(16)9-13-7-5-6-8-13/h11-14,16H,5-10H2,1-4H3. The lowest BCUT2D eigenvalue weighted by molar-refractivity contribution is 0.0777. The van der Waals surface area contributed by atoms with Gasteiger partial charge in [-0.2, -0.15) is 0 Å². The zero-order valence-corrected chi connectivity index (χ0v) is 11.4. The van der Waals surface area contributed by atoms with Crippen molar-refractivity contribution in [1.82, 2.24) is 4.90 Å². The second kappa shape index (κ2) is 6.61. The Kier molecular flexibility index (Phi) is 5.77. The molecule has 0 heterocycles. The van der Waals surface area contributed by atoms with Gasteiger partial charge in [0.05, 0.1) is 6.10 Å². The van der Waals surface area contributed by atoms with E-state index in [1.54, 1.807) is 0 Å². The Balaban J connectivity index is 2.24. The van der Waals surface area contributed by atoms with Gasteiger partial charge >= 0.3 is 0 Å². The Bertz CT molecular complexity index is 187. The van der Waals surface area contributed by atoms with Crippen LogP contribution in [0.25, 0.3) is 0 Å². The van der Waals surface area contributed by atoms with Crippen molar-refractivity contribution in [3.63, 3.8) is 0 Å². The molecule has 1 aliphatic carbocycles. The minimum Gasteiger partial charge on any atom is -0.392 e. The molecule has 2 nitrogen and oxygen atoms in total. The molecule has 0 aromatic rings. The van der Waals surface area contributed by atoms with E-state index in [2.05, 4.69) is 32.7 Å². The van der Waals surface area contributed by atoms with Crippen molar-refractivity contribution < 1.29 is 5.11 Å². The predicted octanol–water partition coefficient (Wildman–Crippen LogP) is 2.90. The zero-order chi connectivity index (χ0) is 12.1. The Labute approximate surface area is 101 Å². The summed E-state index contributed by atoms with van der Waals surface area (Å²) in [5, 5.41) is 10.1. The number of aliphatic hydroxyl groups is 1. The zero-order valence-electron chi connectivity index (χ0n) is 11.4. The van der Waals surface area contributed by atoms with Gasteiger partial charge in [0.1, 0.15) is 0 Å². The second-order valence-electron chi connectivity index (χ2n) is 5.96. The molecule has 1 fully saturated rings. The molecular weight excluding hydrogens is 198 g/mol. The lowest BCUT2D eigenvalue weighted by Gasteiger charge is -2.30. The van der Waals surface area contributed by atoms with E-state index in [1.807, 2.05) is 0 Å². The van der Waals surface area contributed by atoms with Crippen molar-refractivity contribution in [2.75, 3.05) is 13.6 Å². The fourth-order valence-corrected chi connectivity index (χ4v) is 2.71. The number of hydrogen-bond donors (Lipinski definition) is 1. The highest BCUT2D eigenvalue weighted by Gasteiger charge is 2.21. The first-order chi connectivity index (χ1) is 7.50. The van der Waals surface area contributed by atoms with Crippen LogP contribution in [0.15, 0.2) is 0 Å². The summed E-state index contributed by atoms with van der Waals surface area (Å²) in [5.74, 6) is 1.45. The maximum absolute atomic E-state index is 10.1. The van der Waals surface area contributed by atoms with Gasteiger partial charge in [0.2, 0.25) is 0 Å². The van der Waals surface area contributed by atoms with Gasteiger partial charge in [-0.05, 0) is 32.2 Å². The molecule has 1 aliphatic rings. The molecule has 96 valence electrons. The molecule has 1 N–H and O–H groups in total. The first kappa shape index (κ1) is 14.0. The topological polar surface area (TPSA) is 23.5 Å². The molecule has 1 saturated carbocycles. The fraction of sp³-hybridized carbons (Fsp3) is 1.00. The molecule has 0 aromatic heterocycles. The Hall–Kier alpha value is -0.0800. The van der Waals surface area contributed by atoms with E-state index in [-0.39, 0.29) is 6.10 Å². The average molecular weight is 227 g/mol. The van der Waals surface area contributed by atoms with E-state index >= 15 is 0 Å². The molecule has 2 heteroatoms. The van der Waals surface area contributed by atoms with E-state index in [4.69, 9.17) is 0 Å². The number of likely N-dealkylation sites (N-methyl/N-ethyl adjacent to an activating group) is 1. The van der Waals surface area contributed by atoms with Gasteiger partial charge in [-0.25, -0.2) is 0 Å². The first-order valence-corrected chi connectivity index (χ1v) is 6.89. The normalized spacial score (nSPS) is 21.9. The van der Waals surface area contributed by atoms with Crippen molar-refractivity contribution in [2.24, 2.45) is 11.8 Å². The van der Waals surface area contributed by atoms with Gasteiger partial charge in [-0.3, -0.25) is 0 Å². The van der Waals surface area contributed by atoms with Crippen LogP contribution < -0.4 is 0 Å². The van der Waals surface area contributed by atoms with Crippen molar-refractivity contribution in [2.45, 2.75) is 65.0 Å². The molecule has 1 rings (SSSR count). The van der Waals surface area contributed by atoms with Crippen LogP contribution in [0.4, 0.5) is 0 Å². The van der Waals surface area contributed by atoms with Crippen LogP contribution in [-0.2, 0) is 0 Å². The molecule has 0 aliphatic heterocycles. The third-order valence-corrected chi connectivity index (χ3v) is 4.24. The third-order valence-electron chi connectivity index (χ3n) is 4.24. The second-order valence-corrected chi connectivity index (χ2v) is 5.96. The van der Waals surface area contributed by atoms with E-state index in [1.165, 1.54) is 25.7 Å². The predicted molar refractivity (Wildman–Crippen MR) is 69.5 cm³/mol. The summed E-state index contributed by atoms with van der Waals surface area (Å²) in [5.41, 5.74) is 0. The van der Waals surface area contributed by atoms with Crippen LogP contribution >= 0.6 is 0 Å². The average Bonchev–Trinajstić information content (AvgIpc) is 2.68. The molecule has 2 unspecified atom stereocenters. The number of rotatable bonds is 6. The molecular formula is C14H29NO.